The highest BCUT2D eigenvalue weighted by molar-refractivity contribution is 5.87. The highest BCUT2D eigenvalue weighted by Crippen LogP contribution is 2.28. The second kappa shape index (κ2) is 5.94. The van der Waals surface area contributed by atoms with E-state index in [0.29, 0.717) is 12.4 Å². The summed E-state index contributed by atoms with van der Waals surface area (Å²) in [6, 6.07) is 15.8. The lowest BCUT2D eigenvalue weighted by Gasteiger charge is -2.13. The minimum Gasteiger partial charge on any atom is -0.487 e. The molecule has 21 heavy (non-hydrogen) atoms. The van der Waals surface area contributed by atoms with Crippen LogP contribution in [0, 0.1) is 6.92 Å². The van der Waals surface area contributed by atoms with E-state index in [0.717, 1.165) is 27.6 Å². The number of nitrogens with zero attached hydrogens (tertiary/aromatic N) is 1. The van der Waals surface area contributed by atoms with Gasteiger partial charge in [-0.1, -0.05) is 36.4 Å². The van der Waals surface area contributed by atoms with Crippen molar-refractivity contribution in [2.45, 2.75) is 20.1 Å². The molecular formula is C18H17NO2. The number of hydrogen-bond acceptors (Lipinski definition) is 3. The van der Waals surface area contributed by atoms with Crippen LogP contribution in [-0.2, 0) is 13.2 Å². The van der Waals surface area contributed by atoms with Crippen molar-refractivity contribution >= 4 is 10.8 Å². The van der Waals surface area contributed by atoms with Crippen LogP contribution in [0.2, 0.25) is 0 Å². The van der Waals surface area contributed by atoms with Gasteiger partial charge >= 0.3 is 0 Å². The fraction of sp³-hybridized carbons (Fsp3) is 0.167. The zero-order valence-corrected chi connectivity index (χ0v) is 11.9. The molecule has 0 saturated carbocycles. The number of aryl methyl sites for hydroxylation is 1. The highest BCUT2D eigenvalue weighted by atomic mass is 16.5. The van der Waals surface area contributed by atoms with E-state index in [1.807, 2.05) is 55.5 Å². The quantitative estimate of drug-likeness (QED) is 0.793. The molecule has 1 aromatic heterocycles. The van der Waals surface area contributed by atoms with Crippen LogP contribution >= 0.6 is 0 Å². The molecule has 106 valence electrons. The van der Waals surface area contributed by atoms with E-state index in [1.165, 1.54) is 0 Å². The molecule has 0 aliphatic carbocycles. The van der Waals surface area contributed by atoms with Gasteiger partial charge in [-0.15, -0.1) is 0 Å². The molecule has 0 unspecified atom stereocenters. The molecule has 0 aliphatic heterocycles. The Kier molecular flexibility index (Phi) is 3.84. The van der Waals surface area contributed by atoms with Gasteiger partial charge in [-0.25, -0.2) is 0 Å². The average molecular weight is 279 g/mol. The Bertz CT molecular complexity index is 768. The molecule has 3 aromatic rings. The third kappa shape index (κ3) is 2.73. The van der Waals surface area contributed by atoms with Crippen LogP contribution < -0.4 is 4.74 Å². The maximum absolute atomic E-state index is 9.67. The Morgan fingerprint density at radius 3 is 2.71 bits per heavy atom. The Hall–Kier alpha value is -2.39. The van der Waals surface area contributed by atoms with Crippen LogP contribution in [-0.4, -0.2) is 10.1 Å². The number of aromatic nitrogens is 1. The minimum absolute atomic E-state index is 0.0438. The van der Waals surface area contributed by atoms with Crippen molar-refractivity contribution in [3.8, 4) is 5.75 Å². The molecule has 3 nitrogen and oxygen atoms in total. The molecule has 0 fully saturated rings. The lowest BCUT2D eigenvalue weighted by Crippen LogP contribution is -2.02. The van der Waals surface area contributed by atoms with Gasteiger partial charge in [0.25, 0.3) is 0 Å². The van der Waals surface area contributed by atoms with E-state index < -0.39 is 0 Å². The fourth-order valence-corrected chi connectivity index (χ4v) is 2.43. The van der Waals surface area contributed by atoms with E-state index in [2.05, 4.69) is 4.98 Å². The Labute approximate surface area is 123 Å². The van der Waals surface area contributed by atoms with Crippen LogP contribution in [0.5, 0.6) is 5.75 Å². The van der Waals surface area contributed by atoms with Crippen LogP contribution in [0.1, 0.15) is 16.8 Å². The molecule has 0 amide bonds. The lowest BCUT2D eigenvalue weighted by atomic mass is 10.0. The van der Waals surface area contributed by atoms with Crippen LogP contribution in [0.15, 0.2) is 54.7 Å². The minimum atomic E-state index is -0.0438. The summed E-state index contributed by atoms with van der Waals surface area (Å²) >= 11 is 0. The molecule has 0 aliphatic rings. The number of pyridine rings is 1. The Morgan fingerprint density at radius 2 is 1.90 bits per heavy atom. The number of rotatable bonds is 4. The number of aliphatic hydroxyl groups excluding tert-OH is 1. The van der Waals surface area contributed by atoms with Crippen molar-refractivity contribution in [1.29, 1.82) is 0 Å². The van der Waals surface area contributed by atoms with Gasteiger partial charge < -0.3 is 9.84 Å². The van der Waals surface area contributed by atoms with Crippen LogP contribution in [0.4, 0.5) is 0 Å². The molecule has 0 bridgehead atoms. The van der Waals surface area contributed by atoms with E-state index in [4.69, 9.17) is 4.74 Å². The summed E-state index contributed by atoms with van der Waals surface area (Å²) < 4.78 is 5.88. The molecular weight excluding hydrogens is 262 g/mol. The van der Waals surface area contributed by atoms with Gasteiger partial charge in [0.1, 0.15) is 12.4 Å². The number of ether oxygens (including phenoxy) is 1. The third-order valence-corrected chi connectivity index (χ3v) is 3.64. The topological polar surface area (TPSA) is 42.4 Å². The normalized spacial score (nSPS) is 10.8. The molecule has 1 heterocycles. The molecule has 0 atom stereocenters. The predicted octanol–water partition coefficient (Wildman–Crippen LogP) is 3.61. The summed E-state index contributed by atoms with van der Waals surface area (Å²) in [6.07, 6.45) is 1.76. The van der Waals surface area contributed by atoms with E-state index in [1.54, 1.807) is 6.20 Å². The zero-order valence-electron chi connectivity index (χ0n) is 11.9. The summed E-state index contributed by atoms with van der Waals surface area (Å²) in [6.45, 7) is 2.37. The SMILES string of the molecule is Cc1cccnc1COc1ccc2ccccc2c1CO. The molecule has 3 rings (SSSR count). The predicted molar refractivity (Wildman–Crippen MR) is 83.2 cm³/mol. The van der Waals surface area contributed by atoms with Crippen LogP contribution in [0.3, 0.4) is 0 Å². The van der Waals surface area contributed by atoms with Gasteiger partial charge in [0, 0.05) is 11.8 Å². The fourth-order valence-electron chi connectivity index (χ4n) is 2.43. The number of hydrogen-bond donors (Lipinski definition) is 1. The maximum atomic E-state index is 9.67. The smallest absolute Gasteiger partial charge is 0.130 e. The molecule has 1 N–H and O–H groups in total. The summed E-state index contributed by atoms with van der Waals surface area (Å²) in [5.74, 6) is 0.709. The van der Waals surface area contributed by atoms with Crippen molar-refractivity contribution in [1.82, 2.24) is 4.98 Å². The molecule has 3 heteroatoms. The number of aliphatic hydroxyl groups is 1. The van der Waals surface area contributed by atoms with Crippen LogP contribution in [0.25, 0.3) is 10.8 Å². The summed E-state index contributed by atoms with van der Waals surface area (Å²) in [4.78, 5) is 4.32. The Morgan fingerprint density at radius 1 is 1.05 bits per heavy atom. The van der Waals surface area contributed by atoms with E-state index in [9.17, 15) is 5.11 Å². The van der Waals surface area contributed by atoms with Crippen molar-refractivity contribution < 1.29 is 9.84 Å². The van der Waals surface area contributed by atoms with Gasteiger partial charge in [-0.05, 0) is 35.4 Å². The maximum Gasteiger partial charge on any atom is 0.130 e. The van der Waals surface area contributed by atoms with Crippen molar-refractivity contribution in [2.24, 2.45) is 0 Å². The molecule has 0 spiro atoms. The zero-order chi connectivity index (χ0) is 14.7. The van der Waals surface area contributed by atoms with Gasteiger partial charge in [0.05, 0.1) is 12.3 Å². The van der Waals surface area contributed by atoms with Gasteiger partial charge in [-0.2, -0.15) is 0 Å². The third-order valence-electron chi connectivity index (χ3n) is 3.64. The summed E-state index contributed by atoms with van der Waals surface area (Å²) in [5, 5.41) is 11.8. The van der Waals surface area contributed by atoms with Crippen molar-refractivity contribution in [3.63, 3.8) is 0 Å². The average Bonchev–Trinajstić information content (AvgIpc) is 2.53. The number of benzene rings is 2. The molecule has 2 aromatic carbocycles. The van der Waals surface area contributed by atoms with E-state index >= 15 is 0 Å². The van der Waals surface area contributed by atoms with Gasteiger partial charge in [-0.3, -0.25) is 4.98 Å². The van der Waals surface area contributed by atoms with Crippen molar-refractivity contribution in [2.75, 3.05) is 0 Å². The van der Waals surface area contributed by atoms with Crippen molar-refractivity contribution in [3.05, 3.63) is 71.5 Å². The summed E-state index contributed by atoms with van der Waals surface area (Å²) in [7, 11) is 0. The van der Waals surface area contributed by atoms with E-state index in [-0.39, 0.29) is 6.61 Å². The van der Waals surface area contributed by atoms with Gasteiger partial charge in [0.15, 0.2) is 0 Å². The Balaban J connectivity index is 1.92. The lowest BCUT2D eigenvalue weighted by molar-refractivity contribution is 0.259. The standard InChI is InChI=1S/C18H17NO2/c1-13-5-4-10-19-17(13)12-21-18-9-8-14-6-2-3-7-15(14)16(18)11-20/h2-10,20H,11-12H2,1H3. The molecule has 0 saturated heterocycles. The monoisotopic (exact) mass is 279 g/mol. The van der Waals surface area contributed by atoms with Gasteiger partial charge in [0.2, 0.25) is 0 Å². The second-order valence-electron chi connectivity index (χ2n) is 4.98. The first kappa shape index (κ1) is 13.6. The highest BCUT2D eigenvalue weighted by Gasteiger charge is 2.09. The first-order chi connectivity index (χ1) is 10.3. The largest absolute Gasteiger partial charge is 0.487 e. The first-order valence-electron chi connectivity index (χ1n) is 6.94. The number of fused-ring (bicyclic) bond motifs is 1. The first-order valence-corrected chi connectivity index (χ1v) is 6.94. The second-order valence-corrected chi connectivity index (χ2v) is 4.98. The molecule has 0 radical (unpaired) electrons. The summed E-state index contributed by atoms with van der Waals surface area (Å²) in [5.41, 5.74) is 2.83.